The van der Waals surface area contributed by atoms with Gasteiger partial charge in [-0.1, -0.05) is 11.6 Å². The normalized spacial score (nSPS) is 21.0. The van der Waals surface area contributed by atoms with Crippen molar-refractivity contribution >= 4 is 23.4 Å². The molecule has 0 spiro atoms. The average molecular weight is 355 g/mol. The van der Waals surface area contributed by atoms with Crippen LogP contribution in [0.1, 0.15) is 46.5 Å². The minimum absolute atomic E-state index is 0.148. The number of amides is 1. The zero-order valence-electron chi connectivity index (χ0n) is 14.8. The number of hydrogen-bond acceptors (Lipinski definition) is 4. The molecule has 0 heterocycles. The van der Waals surface area contributed by atoms with E-state index < -0.39 is 5.60 Å². The van der Waals surface area contributed by atoms with Crippen LogP contribution in [0.15, 0.2) is 18.2 Å². The third-order valence-corrected chi connectivity index (χ3v) is 4.22. The van der Waals surface area contributed by atoms with Crippen molar-refractivity contribution < 1.29 is 14.3 Å². The van der Waals surface area contributed by atoms with Gasteiger partial charge in [0.25, 0.3) is 0 Å². The lowest BCUT2D eigenvalue weighted by atomic mass is 9.93. The van der Waals surface area contributed by atoms with Crippen molar-refractivity contribution in [2.24, 2.45) is 0 Å². The molecule has 1 amide bonds. The maximum atomic E-state index is 11.8. The van der Waals surface area contributed by atoms with Gasteiger partial charge >= 0.3 is 6.09 Å². The van der Waals surface area contributed by atoms with E-state index in [4.69, 9.17) is 21.1 Å². The number of carbonyl (C=O) groups excluding carboxylic acids is 1. The first-order valence-corrected chi connectivity index (χ1v) is 8.78. The Morgan fingerprint density at radius 2 is 1.88 bits per heavy atom. The number of halogens is 1. The molecule has 0 aliphatic heterocycles. The fraction of sp³-hybridized carbons (Fsp3) is 0.611. The average Bonchev–Trinajstić information content (AvgIpc) is 2.47. The van der Waals surface area contributed by atoms with E-state index in [0.717, 1.165) is 37.1 Å². The van der Waals surface area contributed by atoms with Gasteiger partial charge in [0, 0.05) is 19.2 Å². The van der Waals surface area contributed by atoms with E-state index in [-0.39, 0.29) is 18.2 Å². The number of nitrogens with one attached hydrogen (secondary N) is 2. The van der Waals surface area contributed by atoms with Crippen molar-refractivity contribution in [3.63, 3.8) is 0 Å². The molecule has 2 rings (SSSR count). The van der Waals surface area contributed by atoms with Crippen LogP contribution in [0, 0.1) is 0 Å². The van der Waals surface area contributed by atoms with Crippen LogP contribution < -0.4 is 15.4 Å². The molecule has 0 saturated heterocycles. The Labute approximate surface area is 149 Å². The molecule has 0 unspecified atom stereocenters. The zero-order chi connectivity index (χ0) is 17.7. The molecule has 6 heteroatoms. The number of benzene rings is 1. The molecule has 134 valence electrons. The second kappa shape index (κ2) is 7.97. The molecule has 0 bridgehead atoms. The van der Waals surface area contributed by atoms with Gasteiger partial charge in [0.15, 0.2) is 0 Å². The third-order valence-electron chi connectivity index (χ3n) is 3.91. The molecule has 24 heavy (non-hydrogen) atoms. The Hall–Kier alpha value is -1.62. The monoisotopic (exact) mass is 354 g/mol. The minimum atomic E-state index is -0.469. The first kappa shape index (κ1) is 18.7. The van der Waals surface area contributed by atoms with Crippen LogP contribution in [0.3, 0.4) is 0 Å². The predicted octanol–water partition coefficient (Wildman–Crippen LogP) is 4.60. The van der Waals surface area contributed by atoms with Gasteiger partial charge in [0.1, 0.15) is 11.4 Å². The van der Waals surface area contributed by atoms with Gasteiger partial charge < -0.3 is 20.1 Å². The zero-order valence-corrected chi connectivity index (χ0v) is 15.6. The molecule has 1 saturated carbocycles. The van der Waals surface area contributed by atoms with Crippen molar-refractivity contribution in [3.8, 4) is 5.75 Å². The van der Waals surface area contributed by atoms with Crippen LogP contribution in [0.2, 0.25) is 5.02 Å². The van der Waals surface area contributed by atoms with Gasteiger partial charge in [-0.05, 0) is 58.6 Å². The first-order chi connectivity index (χ1) is 11.3. The van der Waals surface area contributed by atoms with Crippen LogP contribution in [0.4, 0.5) is 10.5 Å². The molecular formula is C18H27ClN2O3. The summed E-state index contributed by atoms with van der Waals surface area (Å²) in [6.45, 7) is 5.59. The highest BCUT2D eigenvalue weighted by Crippen LogP contribution is 2.29. The second-order valence-electron chi connectivity index (χ2n) is 7.13. The summed E-state index contributed by atoms with van der Waals surface area (Å²) in [6, 6.07) is 5.81. The lowest BCUT2D eigenvalue weighted by molar-refractivity contribution is 0.0471. The van der Waals surface area contributed by atoms with Gasteiger partial charge in [-0.25, -0.2) is 4.79 Å². The second-order valence-corrected chi connectivity index (χ2v) is 7.54. The first-order valence-electron chi connectivity index (χ1n) is 8.40. The summed E-state index contributed by atoms with van der Waals surface area (Å²) in [5.41, 5.74) is 0.415. The number of carbonyl (C=O) groups is 1. The molecule has 0 atom stereocenters. The van der Waals surface area contributed by atoms with Crippen molar-refractivity contribution in [1.82, 2.24) is 5.32 Å². The van der Waals surface area contributed by atoms with E-state index >= 15 is 0 Å². The van der Waals surface area contributed by atoms with Crippen LogP contribution in [-0.4, -0.2) is 30.9 Å². The highest BCUT2D eigenvalue weighted by molar-refractivity contribution is 6.33. The minimum Gasteiger partial charge on any atom is -0.490 e. The highest BCUT2D eigenvalue weighted by atomic mass is 35.5. The lowest BCUT2D eigenvalue weighted by Gasteiger charge is -2.30. The van der Waals surface area contributed by atoms with Crippen molar-refractivity contribution in [1.29, 1.82) is 0 Å². The summed E-state index contributed by atoms with van der Waals surface area (Å²) < 4.78 is 11.3. The standard InChI is InChI=1S/C18H27ClN2O3/c1-18(2,3)24-17(22)21-12-5-7-13(8-6-12)23-14-9-10-16(20-4)15(19)11-14/h9-13,20H,5-8H2,1-4H3,(H,21,22)/t12-,13-. The van der Waals surface area contributed by atoms with Gasteiger partial charge in [-0.2, -0.15) is 0 Å². The van der Waals surface area contributed by atoms with Crippen molar-refractivity contribution in [2.75, 3.05) is 12.4 Å². The van der Waals surface area contributed by atoms with Crippen molar-refractivity contribution in [3.05, 3.63) is 23.2 Å². The smallest absolute Gasteiger partial charge is 0.407 e. The van der Waals surface area contributed by atoms with Gasteiger partial charge in [-0.3, -0.25) is 0 Å². The molecule has 1 aromatic rings. The fourth-order valence-corrected chi connectivity index (χ4v) is 3.03. The molecular weight excluding hydrogens is 328 g/mol. The summed E-state index contributed by atoms with van der Waals surface area (Å²) in [5.74, 6) is 0.780. The third kappa shape index (κ3) is 5.78. The Kier molecular flexibility index (Phi) is 6.21. The Bertz CT molecular complexity index is 564. The van der Waals surface area contributed by atoms with Crippen molar-refractivity contribution in [2.45, 2.75) is 64.2 Å². The SMILES string of the molecule is CNc1ccc(O[C@H]2CC[C@H](NC(=O)OC(C)(C)C)CC2)cc1Cl. The highest BCUT2D eigenvalue weighted by Gasteiger charge is 2.25. The maximum absolute atomic E-state index is 11.8. The summed E-state index contributed by atoms with van der Waals surface area (Å²) in [5, 5.41) is 6.61. The van der Waals surface area contributed by atoms with E-state index in [9.17, 15) is 4.79 Å². The Balaban J connectivity index is 1.78. The number of alkyl carbamates (subject to hydrolysis) is 1. The molecule has 0 radical (unpaired) electrons. The topological polar surface area (TPSA) is 59.6 Å². The van der Waals surface area contributed by atoms with E-state index in [1.165, 1.54) is 0 Å². The molecule has 0 aromatic heterocycles. The number of rotatable bonds is 4. The van der Waals surface area contributed by atoms with E-state index in [0.29, 0.717) is 5.02 Å². The van der Waals surface area contributed by atoms with E-state index in [2.05, 4.69) is 10.6 Å². The van der Waals surface area contributed by atoms with E-state index in [1.807, 2.05) is 46.0 Å². The molecule has 5 nitrogen and oxygen atoms in total. The summed E-state index contributed by atoms with van der Waals surface area (Å²) in [7, 11) is 1.83. The number of anilines is 1. The van der Waals surface area contributed by atoms with Gasteiger partial charge in [0.05, 0.1) is 16.8 Å². The fourth-order valence-electron chi connectivity index (χ4n) is 2.76. The molecule has 2 N–H and O–H groups in total. The predicted molar refractivity (Wildman–Crippen MR) is 97.0 cm³/mol. The van der Waals surface area contributed by atoms with Crippen LogP contribution in [0.25, 0.3) is 0 Å². The molecule has 1 aromatic carbocycles. The number of hydrogen-bond donors (Lipinski definition) is 2. The molecule has 1 fully saturated rings. The van der Waals surface area contributed by atoms with Gasteiger partial charge in [0.2, 0.25) is 0 Å². The maximum Gasteiger partial charge on any atom is 0.407 e. The summed E-state index contributed by atoms with van der Waals surface area (Å²) >= 11 is 6.18. The summed E-state index contributed by atoms with van der Waals surface area (Å²) in [4.78, 5) is 11.8. The quantitative estimate of drug-likeness (QED) is 0.829. The summed E-state index contributed by atoms with van der Waals surface area (Å²) in [6.07, 6.45) is 3.36. The van der Waals surface area contributed by atoms with E-state index in [1.54, 1.807) is 0 Å². The van der Waals surface area contributed by atoms with Gasteiger partial charge in [-0.15, -0.1) is 0 Å². The largest absolute Gasteiger partial charge is 0.490 e. The number of ether oxygens (including phenoxy) is 2. The molecule has 1 aliphatic carbocycles. The van der Waals surface area contributed by atoms with Crippen LogP contribution >= 0.6 is 11.6 Å². The van der Waals surface area contributed by atoms with Crippen LogP contribution in [-0.2, 0) is 4.74 Å². The van der Waals surface area contributed by atoms with Crippen LogP contribution in [0.5, 0.6) is 5.75 Å². The lowest BCUT2D eigenvalue weighted by Crippen LogP contribution is -2.42. The Morgan fingerprint density at radius 1 is 1.21 bits per heavy atom. The molecule has 1 aliphatic rings. The Morgan fingerprint density at radius 3 is 2.42 bits per heavy atom.